The Morgan fingerprint density at radius 2 is 2.06 bits per heavy atom. The summed E-state index contributed by atoms with van der Waals surface area (Å²) in [6.45, 7) is 4.68. The summed E-state index contributed by atoms with van der Waals surface area (Å²) in [5.74, 6) is 0.637. The normalized spacial score (nSPS) is 22.5. The largest absolute Gasteiger partial charge is 0.346 e. The average Bonchev–Trinajstić information content (AvgIpc) is 3.13. The average molecular weight is 422 g/mol. The van der Waals surface area contributed by atoms with E-state index in [4.69, 9.17) is 4.98 Å². The van der Waals surface area contributed by atoms with Gasteiger partial charge in [0, 0.05) is 18.3 Å². The summed E-state index contributed by atoms with van der Waals surface area (Å²) < 4.78 is 30.3. The van der Waals surface area contributed by atoms with Gasteiger partial charge < -0.3 is 4.90 Å². The fourth-order valence-electron chi connectivity index (χ4n) is 4.82. The Kier molecular flexibility index (Phi) is 3.72. The van der Waals surface area contributed by atoms with Crippen LogP contribution in [0.5, 0.6) is 0 Å². The number of anilines is 1. The smallest absolute Gasteiger partial charge is 0.210 e. The maximum Gasteiger partial charge on any atom is 0.210 e. The van der Waals surface area contributed by atoms with Crippen molar-refractivity contribution in [1.29, 1.82) is 0 Å². The van der Waals surface area contributed by atoms with E-state index in [2.05, 4.69) is 25.4 Å². The summed E-state index contributed by atoms with van der Waals surface area (Å²) in [4.78, 5) is 8.48. The van der Waals surface area contributed by atoms with Crippen LogP contribution in [0.3, 0.4) is 0 Å². The number of tetrazole rings is 1. The quantitative estimate of drug-likeness (QED) is 0.502. The second-order valence-electron chi connectivity index (χ2n) is 8.53. The van der Waals surface area contributed by atoms with Crippen LogP contribution in [-0.2, 0) is 5.54 Å². The molecule has 1 aliphatic heterocycles. The molecular formula is C21H20F2N8. The Bertz CT molecular complexity index is 1310. The van der Waals surface area contributed by atoms with Crippen LogP contribution in [-0.4, -0.2) is 41.4 Å². The van der Waals surface area contributed by atoms with E-state index >= 15 is 0 Å². The summed E-state index contributed by atoms with van der Waals surface area (Å²) in [5.41, 5.74) is 1.13. The van der Waals surface area contributed by atoms with Crippen LogP contribution < -0.4 is 4.90 Å². The van der Waals surface area contributed by atoms with Crippen molar-refractivity contribution >= 4 is 11.5 Å². The molecule has 31 heavy (non-hydrogen) atoms. The van der Waals surface area contributed by atoms with Crippen molar-refractivity contribution in [1.82, 2.24) is 34.8 Å². The van der Waals surface area contributed by atoms with E-state index in [1.807, 2.05) is 26.1 Å². The third-order valence-corrected chi connectivity index (χ3v) is 6.41. The zero-order chi connectivity index (χ0) is 21.3. The zero-order valence-electron chi connectivity index (χ0n) is 17.1. The molecule has 4 heterocycles. The van der Waals surface area contributed by atoms with Crippen molar-refractivity contribution in [2.24, 2.45) is 5.92 Å². The Balaban J connectivity index is 1.44. The predicted molar refractivity (Wildman–Crippen MR) is 108 cm³/mol. The van der Waals surface area contributed by atoms with Crippen LogP contribution in [0.2, 0.25) is 0 Å². The second kappa shape index (κ2) is 6.29. The maximum atomic E-state index is 14.7. The Morgan fingerprint density at radius 1 is 1.19 bits per heavy atom. The molecule has 8 nitrogen and oxygen atoms in total. The molecule has 6 rings (SSSR count). The monoisotopic (exact) mass is 422 g/mol. The molecule has 1 saturated heterocycles. The van der Waals surface area contributed by atoms with Crippen molar-refractivity contribution in [2.75, 3.05) is 11.4 Å². The lowest BCUT2D eigenvalue weighted by molar-refractivity contribution is 0.455. The van der Waals surface area contributed by atoms with Gasteiger partial charge in [-0.1, -0.05) is 0 Å². The van der Waals surface area contributed by atoms with Gasteiger partial charge in [-0.3, -0.25) is 0 Å². The van der Waals surface area contributed by atoms with Gasteiger partial charge in [0.15, 0.2) is 5.65 Å². The lowest BCUT2D eigenvalue weighted by atomic mass is 10.0. The minimum atomic E-state index is -0.545. The van der Waals surface area contributed by atoms with Gasteiger partial charge in [0.1, 0.15) is 17.5 Å². The Labute approximate surface area is 176 Å². The van der Waals surface area contributed by atoms with Gasteiger partial charge in [0.05, 0.1) is 23.3 Å². The topological polar surface area (TPSA) is 77.0 Å². The molecule has 2 fully saturated rings. The molecular weight excluding hydrogens is 402 g/mol. The fourth-order valence-corrected chi connectivity index (χ4v) is 4.82. The van der Waals surface area contributed by atoms with Crippen molar-refractivity contribution in [2.45, 2.75) is 38.3 Å². The van der Waals surface area contributed by atoms with E-state index < -0.39 is 11.4 Å². The SMILES string of the molecule is CC(C)n1nnc(-c2cnn3ccc(N4CC[C@H]5C[C@]54c4cc(F)ccc4F)nc23)n1. The Hall–Kier alpha value is -3.43. The number of rotatable bonds is 4. The van der Waals surface area contributed by atoms with E-state index in [0.717, 1.165) is 25.5 Å². The molecule has 0 spiro atoms. The van der Waals surface area contributed by atoms with E-state index in [9.17, 15) is 8.78 Å². The van der Waals surface area contributed by atoms with Crippen molar-refractivity contribution < 1.29 is 8.78 Å². The van der Waals surface area contributed by atoms with Crippen LogP contribution in [0.1, 0.15) is 38.3 Å². The number of halogens is 2. The first-order valence-electron chi connectivity index (χ1n) is 10.3. The van der Waals surface area contributed by atoms with Crippen molar-refractivity contribution in [3.63, 3.8) is 0 Å². The molecule has 4 aromatic rings. The molecule has 0 amide bonds. The van der Waals surface area contributed by atoms with Gasteiger partial charge in [-0.15, -0.1) is 10.2 Å². The van der Waals surface area contributed by atoms with Gasteiger partial charge >= 0.3 is 0 Å². The first kappa shape index (κ1) is 18.3. The lowest BCUT2D eigenvalue weighted by Gasteiger charge is -2.30. The van der Waals surface area contributed by atoms with Crippen LogP contribution in [0.25, 0.3) is 17.0 Å². The van der Waals surface area contributed by atoms with Crippen molar-refractivity contribution in [3.05, 3.63) is 53.9 Å². The molecule has 0 radical (unpaired) electrons. The number of hydrogen-bond donors (Lipinski definition) is 0. The van der Waals surface area contributed by atoms with E-state index in [0.29, 0.717) is 34.3 Å². The first-order valence-corrected chi connectivity index (χ1v) is 10.3. The highest BCUT2D eigenvalue weighted by atomic mass is 19.1. The number of fused-ring (bicyclic) bond motifs is 2. The molecule has 1 aliphatic carbocycles. The van der Waals surface area contributed by atoms with Crippen LogP contribution >= 0.6 is 0 Å². The highest BCUT2D eigenvalue weighted by molar-refractivity contribution is 5.73. The molecule has 3 aromatic heterocycles. The molecule has 158 valence electrons. The van der Waals surface area contributed by atoms with Crippen LogP contribution in [0, 0.1) is 17.6 Å². The highest BCUT2D eigenvalue weighted by Gasteiger charge is 2.64. The summed E-state index contributed by atoms with van der Waals surface area (Å²) in [6.07, 6.45) is 5.19. The van der Waals surface area contributed by atoms with Crippen molar-refractivity contribution in [3.8, 4) is 11.4 Å². The highest BCUT2D eigenvalue weighted by Crippen LogP contribution is 2.63. The Morgan fingerprint density at radius 3 is 2.84 bits per heavy atom. The second-order valence-corrected chi connectivity index (χ2v) is 8.53. The van der Waals surface area contributed by atoms with Gasteiger partial charge in [-0.2, -0.15) is 9.90 Å². The van der Waals surface area contributed by atoms with Gasteiger partial charge in [-0.25, -0.2) is 18.3 Å². The minimum Gasteiger partial charge on any atom is -0.346 e. The molecule has 0 N–H and O–H groups in total. The van der Waals surface area contributed by atoms with E-state index in [1.165, 1.54) is 12.1 Å². The molecule has 2 atom stereocenters. The number of nitrogens with zero attached hydrogens (tertiary/aromatic N) is 8. The van der Waals surface area contributed by atoms with E-state index in [-0.39, 0.29) is 11.9 Å². The number of benzene rings is 1. The van der Waals surface area contributed by atoms with E-state index in [1.54, 1.807) is 15.5 Å². The number of hydrogen-bond acceptors (Lipinski definition) is 6. The third-order valence-electron chi connectivity index (χ3n) is 6.41. The van der Waals surface area contributed by atoms with Crippen LogP contribution in [0.4, 0.5) is 14.6 Å². The first-order chi connectivity index (χ1) is 15.0. The molecule has 10 heteroatoms. The number of piperidine rings is 1. The third kappa shape index (κ3) is 2.60. The molecule has 1 aromatic carbocycles. The maximum absolute atomic E-state index is 14.7. The minimum absolute atomic E-state index is 0.0871. The summed E-state index contributed by atoms with van der Waals surface area (Å²) in [6, 6.07) is 5.64. The molecule has 0 unspecified atom stereocenters. The molecule has 0 bridgehead atoms. The van der Waals surface area contributed by atoms with Gasteiger partial charge in [-0.05, 0) is 62.1 Å². The summed E-state index contributed by atoms with van der Waals surface area (Å²) in [7, 11) is 0. The van der Waals surface area contributed by atoms with Gasteiger partial charge in [0.25, 0.3) is 0 Å². The predicted octanol–water partition coefficient (Wildman–Crippen LogP) is 3.37. The molecule has 2 aliphatic rings. The summed E-state index contributed by atoms with van der Waals surface area (Å²) >= 11 is 0. The van der Waals surface area contributed by atoms with Crippen LogP contribution in [0.15, 0.2) is 36.7 Å². The zero-order valence-corrected chi connectivity index (χ0v) is 17.1. The number of aromatic nitrogens is 7. The molecule has 1 saturated carbocycles. The standard InChI is InChI=1S/C21H20F2N8/c1-12(2)31-27-19(26-28-31)15-11-24-30-8-6-18(25-20(15)30)29-7-5-13-10-21(13,29)16-9-14(22)3-4-17(16)23/h3-4,6,8-9,11-13H,5,7,10H2,1-2H3/t13-,21+/m0/s1. The fraction of sp³-hybridized carbons (Fsp3) is 0.381. The summed E-state index contributed by atoms with van der Waals surface area (Å²) in [5, 5.41) is 17.0. The van der Waals surface area contributed by atoms with Gasteiger partial charge in [0.2, 0.25) is 5.82 Å². The lowest BCUT2D eigenvalue weighted by Crippen LogP contribution is -2.34.